The van der Waals surface area contributed by atoms with Crippen molar-refractivity contribution in [1.29, 1.82) is 0 Å². The lowest BCUT2D eigenvalue weighted by atomic mass is 10.2. The summed E-state index contributed by atoms with van der Waals surface area (Å²) in [4.78, 5) is 17.3. The number of nitrogens with one attached hydrogen (secondary N) is 1. The minimum absolute atomic E-state index is 0.141. The van der Waals surface area contributed by atoms with E-state index in [1.165, 1.54) is 11.3 Å². The molecule has 2 aromatic heterocycles. The van der Waals surface area contributed by atoms with Gasteiger partial charge in [-0.25, -0.2) is 9.50 Å². The van der Waals surface area contributed by atoms with Crippen molar-refractivity contribution >= 4 is 22.2 Å². The molecule has 0 saturated heterocycles. The SMILES string of the molecule is COc1ccc(C(=O)NCc2cn3nc(C)sc3n2)cc1. The summed E-state index contributed by atoms with van der Waals surface area (Å²) >= 11 is 1.52. The van der Waals surface area contributed by atoms with E-state index in [1.807, 2.05) is 13.1 Å². The molecule has 1 amide bonds. The number of rotatable bonds is 4. The molecule has 7 heteroatoms. The largest absolute Gasteiger partial charge is 0.497 e. The lowest BCUT2D eigenvalue weighted by molar-refractivity contribution is 0.0950. The molecule has 2 heterocycles. The standard InChI is InChI=1S/C14H14N4O2S/c1-9-17-18-8-11(16-14(18)21-9)7-15-13(19)10-3-5-12(20-2)6-4-10/h3-6,8H,7H2,1-2H3,(H,15,19). The number of aryl methyl sites for hydroxylation is 1. The number of hydrogen-bond donors (Lipinski definition) is 1. The highest BCUT2D eigenvalue weighted by atomic mass is 32.1. The van der Waals surface area contributed by atoms with Crippen molar-refractivity contribution in [3.63, 3.8) is 0 Å². The molecule has 0 aliphatic carbocycles. The molecular weight excluding hydrogens is 288 g/mol. The number of fused-ring (bicyclic) bond motifs is 1. The third-order valence-electron chi connectivity index (χ3n) is 2.98. The number of carbonyl (C=O) groups excluding carboxylic acids is 1. The van der Waals surface area contributed by atoms with Crippen LogP contribution in [-0.2, 0) is 6.54 Å². The van der Waals surface area contributed by atoms with E-state index in [2.05, 4.69) is 15.4 Å². The molecule has 6 nitrogen and oxygen atoms in total. The van der Waals surface area contributed by atoms with Gasteiger partial charge in [0.25, 0.3) is 5.91 Å². The maximum Gasteiger partial charge on any atom is 0.251 e. The molecular formula is C14H14N4O2S. The molecule has 0 fully saturated rings. The molecule has 3 rings (SSSR count). The van der Waals surface area contributed by atoms with Gasteiger partial charge < -0.3 is 10.1 Å². The lowest BCUT2D eigenvalue weighted by Gasteiger charge is -2.04. The predicted octanol–water partition coefficient (Wildman–Crippen LogP) is 2.04. The monoisotopic (exact) mass is 302 g/mol. The van der Waals surface area contributed by atoms with Gasteiger partial charge in [-0.3, -0.25) is 4.79 Å². The fourth-order valence-electron chi connectivity index (χ4n) is 1.95. The molecule has 0 spiro atoms. The van der Waals surface area contributed by atoms with Gasteiger partial charge in [0.15, 0.2) is 0 Å². The first kappa shape index (κ1) is 13.6. The normalized spacial score (nSPS) is 10.8. The number of nitrogens with zero attached hydrogens (tertiary/aromatic N) is 3. The van der Waals surface area contributed by atoms with E-state index >= 15 is 0 Å². The average Bonchev–Trinajstić information content (AvgIpc) is 3.01. The first-order valence-corrected chi connectivity index (χ1v) is 7.21. The maximum absolute atomic E-state index is 12.0. The summed E-state index contributed by atoms with van der Waals surface area (Å²) in [5, 5.41) is 8.09. The number of benzene rings is 1. The fraction of sp³-hybridized carbons (Fsp3) is 0.214. The van der Waals surface area contributed by atoms with Crippen LogP contribution in [0.4, 0.5) is 0 Å². The van der Waals surface area contributed by atoms with Crippen LogP contribution in [0.2, 0.25) is 0 Å². The van der Waals surface area contributed by atoms with E-state index in [-0.39, 0.29) is 5.91 Å². The molecule has 0 aliphatic rings. The molecule has 0 unspecified atom stereocenters. The van der Waals surface area contributed by atoms with Crippen molar-refractivity contribution in [3.8, 4) is 5.75 Å². The third-order valence-corrected chi connectivity index (χ3v) is 3.81. The number of hydrogen-bond acceptors (Lipinski definition) is 5. The molecule has 3 aromatic rings. The first-order valence-electron chi connectivity index (χ1n) is 6.39. The minimum Gasteiger partial charge on any atom is -0.497 e. The number of imidazole rings is 1. The summed E-state index contributed by atoms with van der Waals surface area (Å²) in [7, 11) is 1.59. The number of aromatic nitrogens is 3. The van der Waals surface area contributed by atoms with Gasteiger partial charge in [-0.05, 0) is 31.2 Å². The van der Waals surface area contributed by atoms with Crippen molar-refractivity contribution in [3.05, 3.63) is 46.7 Å². The quantitative estimate of drug-likeness (QED) is 0.801. The van der Waals surface area contributed by atoms with Crippen LogP contribution in [0.25, 0.3) is 4.96 Å². The zero-order valence-corrected chi connectivity index (χ0v) is 12.5. The van der Waals surface area contributed by atoms with Gasteiger partial charge in [0, 0.05) is 5.56 Å². The van der Waals surface area contributed by atoms with Gasteiger partial charge in [-0.2, -0.15) is 5.10 Å². The van der Waals surface area contributed by atoms with Gasteiger partial charge in [-0.15, -0.1) is 0 Å². The van der Waals surface area contributed by atoms with Crippen LogP contribution in [0.1, 0.15) is 21.1 Å². The highest BCUT2D eigenvalue weighted by Gasteiger charge is 2.09. The summed E-state index contributed by atoms with van der Waals surface area (Å²) in [5.74, 6) is 0.584. The van der Waals surface area contributed by atoms with Crippen LogP contribution in [0.15, 0.2) is 30.5 Å². The molecule has 108 valence electrons. The van der Waals surface area contributed by atoms with Gasteiger partial charge in [0.1, 0.15) is 10.8 Å². The number of methoxy groups -OCH3 is 1. The number of amides is 1. The predicted molar refractivity (Wildman–Crippen MR) is 79.8 cm³/mol. The minimum atomic E-state index is -0.141. The summed E-state index contributed by atoms with van der Waals surface area (Å²) in [6.07, 6.45) is 1.83. The Morgan fingerprint density at radius 1 is 1.38 bits per heavy atom. The average molecular weight is 302 g/mol. The van der Waals surface area contributed by atoms with Crippen LogP contribution < -0.4 is 10.1 Å². The Morgan fingerprint density at radius 2 is 2.14 bits per heavy atom. The smallest absolute Gasteiger partial charge is 0.251 e. The number of ether oxygens (including phenoxy) is 1. The highest BCUT2D eigenvalue weighted by molar-refractivity contribution is 7.16. The Hall–Kier alpha value is -2.41. The molecule has 21 heavy (non-hydrogen) atoms. The van der Waals surface area contributed by atoms with Gasteiger partial charge in [0.2, 0.25) is 4.96 Å². The fourth-order valence-corrected chi connectivity index (χ4v) is 2.69. The second-order valence-electron chi connectivity index (χ2n) is 4.49. The summed E-state index contributed by atoms with van der Waals surface area (Å²) in [6, 6.07) is 6.97. The molecule has 0 saturated carbocycles. The van der Waals surface area contributed by atoms with Crippen LogP contribution in [0, 0.1) is 6.92 Å². The highest BCUT2D eigenvalue weighted by Crippen LogP contribution is 2.14. The summed E-state index contributed by atoms with van der Waals surface area (Å²) < 4.78 is 6.79. The van der Waals surface area contributed by atoms with E-state index in [4.69, 9.17) is 4.74 Å². The number of carbonyl (C=O) groups is 1. The summed E-state index contributed by atoms with van der Waals surface area (Å²) in [5.41, 5.74) is 1.38. The molecule has 0 aliphatic heterocycles. The second kappa shape index (κ2) is 5.53. The van der Waals surface area contributed by atoms with Crippen LogP contribution in [-0.4, -0.2) is 27.6 Å². The Kier molecular flexibility index (Phi) is 3.57. The van der Waals surface area contributed by atoms with Gasteiger partial charge in [-0.1, -0.05) is 11.3 Å². The van der Waals surface area contributed by atoms with E-state index < -0.39 is 0 Å². The Bertz CT molecular complexity index is 744. The zero-order chi connectivity index (χ0) is 14.8. The van der Waals surface area contributed by atoms with Crippen molar-refractivity contribution < 1.29 is 9.53 Å². The van der Waals surface area contributed by atoms with E-state index in [9.17, 15) is 4.79 Å². The third kappa shape index (κ3) is 2.87. The van der Waals surface area contributed by atoms with E-state index in [0.717, 1.165) is 21.4 Å². The van der Waals surface area contributed by atoms with Crippen LogP contribution in [0.3, 0.4) is 0 Å². The van der Waals surface area contributed by atoms with Gasteiger partial charge >= 0.3 is 0 Å². The molecule has 1 aromatic carbocycles. The Balaban J connectivity index is 1.65. The van der Waals surface area contributed by atoms with Crippen molar-refractivity contribution in [2.45, 2.75) is 13.5 Å². The molecule has 0 bridgehead atoms. The zero-order valence-electron chi connectivity index (χ0n) is 11.7. The van der Waals surface area contributed by atoms with E-state index in [1.54, 1.807) is 35.9 Å². The molecule has 0 radical (unpaired) electrons. The van der Waals surface area contributed by atoms with E-state index in [0.29, 0.717) is 12.1 Å². The topological polar surface area (TPSA) is 68.5 Å². The molecule has 1 N–H and O–H groups in total. The Labute approximate surface area is 125 Å². The van der Waals surface area contributed by atoms with Gasteiger partial charge in [0.05, 0.1) is 25.5 Å². The maximum atomic E-state index is 12.0. The van der Waals surface area contributed by atoms with Crippen molar-refractivity contribution in [2.24, 2.45) is 0 Å². The van der Waals surface area contributed by atoms with Crippen molar-refractivity contribution in [1.82, 2.24) is 19.9 Å². The van der Waals surface area contributed by atoms with Crippen LogP contribution in [0.5, 0.6) is 5.75 Å². The lowest BCUT2D eigenvalue weighted by Crippen LogP contribution is -2.22. The second-order valence-corrected chi connectivity index (χ2v) is 5.65. The Morgan fingerprint density at radius 3 is 2.81 bits per heavy atom. The van der Waals surface area contributed by atoms with Crippen LogP contribution >= 0.6 is 11.3 Å². The van der Waals surface area contributed by atoms with Crippen molar-refractivity contribution in [2.75, 3.05) is 7.11 Å². The molecule has 0 atom stereocenters. The first-order chi connectivity index (χ1) is 10.2. The summed E-state index contributed by atoms with van der Waals surface area (Å²) in [6.45, 7) is 2.31.